The number of carbonyl (C=O) groups excluding carboxylic acids is 3. The van der Waals surface area contributed by atoms with Gasteiger partial charge < -0.3 is 14.2 Å². The minimum atomic E-state index is -0.789. The first kappa shape index (κ1) is 62.8. The molecule has 0 aliphatic rings. The summed E-state index contributed by atoms with van der Waals surface area (Å²) in [5.74, 6) is -0.911. The Balaban J connectivity index is 4.42. The smallest absolute Gasteiger partial charge is 0.306 e. The van der Waals surface area contributed by atoms with Gasteiger partial charge in [-0.25, -0.2) is 0 Å². The molecule has 380 valence electrons. The van der Waals surface area contributed by atoms with Gasteiger partial charge >= 0.3 is 17.9 Å². The van der Waals surface area contributed by atoms with E-state index in [0.717, 1.165) is 103 Å². The zero-order valence-electron chi connectivity index (χ0n) is 43.4. The number of unbranched alkanes of at least 4 members (excludes halogenated alkanes) is 27. The normalized spacial score (nSPS) is 12.6. The second kappa shape index (κ2) is 54.5. The van der Waals surface area contributed by atoms with Gasteiger partial charge in [-0.1, -0.05) is 216 Å². The molecule has 0 aliphatic carbocycles. The van der Waals surface area contributed by atoms with E-state index in [-0.39, 0.29) is 31.1 Å². The van der Waals surface area contributed by atoms with E-state index in [9.17, 15) is 14.4 Å². The first-order valence-corrected chi connectivity index (χ1v) is 27.9. The van der Waals surface area contributed by atoms with Crippen molar-refractivity contribution >= 4 is 17.9 Å². The topological polar surface area (TPSA) is 78.9 Å². The van der Waals surface area contributed by atoms with Crippen LogP contribution in [0, 0.1) is 0 Å². The Morgan fingerprint density at radius 2 is 0.561 bits per heavy atom. The fourth-order valence-electron chi connectivity index (χ4n) is 7.64. The van der Waals surface area contributed by atoms with Gasteiger partial charge in [0.25, 0.3) is 0 Å². The molecule has 0 fully saturated rings. The van der Waals surface area contributed by atoms with E-state index in [1.54, 1.807) is 0 Å². The zero-order chi connectivity index (χ0) is 47.9. The lowest BCUT2D eigenvalue weighted by atomic mass is 10.1. The fourth-order valence-corrected chi connectivity index (χ4v) is 7.64. The highest BCUT2D eigenvalue weighted by atomic mass is 16.6. The summed E-state index contributed by atoms with van der Waals surface area (Å²) in [6.07, 6.45) is 68.8. The van der Waals surface area contributed by atoms with Crippen LogP contribution < -0.4 is 0 Å². The number of allylic oxidation sites excluding steroid dienone is 12. The van der Waals surface area contributed by atoms with Crippen molar-refractivity contribution in [1.82, 2.24) is 0 Å². The summed E-state index contributed by atoms with van der Waals surface area (Å²) in [6, 6.07) is 0. The number of carbonyl (C=O) groups is 3. The standard InChI is InChI=1S/C60H104O6/c1-4-7-10-13-16-19-22-25-28-30-32-35-38-41-44-47-50-53-59(62)65-56-57(55-64-58(61)52-49-46-43-40-37-34-27-24-21-18-15-12-9-6-3)66-60(63)54-51-48-45-42-39-36-33-31-29-26-23-20-17-14-11-8-5-2/h15-20,24-29,57H,4-14,21-23,30-56H2,1-3H3/b18-15+,19-16+,20-17+,27-24+,28-25+,29-26+/t57-/m1/s1. The van der Waals surface area contributed by atoms with Crippen molar-refractivity contribution in [3.63, 3.8) is 0 Å². The molecular formula is C60H104O6. The van der Waals surface area contributed by atoms with Gasteiger partial charge in [-0.05, 0) is 109 Å². The predicted octanol–water partition coefficient (Wildman–Crippen LogP) is 18.6. The Labute approximate surface area is 408 Å². The van der Waals surface area contributed by atoms with Crippen molar-refractivity contribution in [3.05, 3.63) is 72.9 Å². The molecule has 0 N–H and O–H groups in total. The second-order valence-electron chi connectivity index (χ2n) is 18.5. The van der Waals surface area contributed by atoms with Crippen LogP contribution in [0.1, 0.15) is 271 Å². The molecule has 0 saturated carbocycles. The molecule has 0 saturated heterocycles. The van der Waals surface area contributed by atoms with E-state index in [2.05, 4.69) is 93.7 Å². The SMILES string of the molecule is CCCC/C=C/C/C=C/CCCCCCCC(=O)OC[C@H](COC(=O)CCCCCCCCC/C=C/C/C=C/CCCCC)OC(=O)CCCCCCCCC/C=C/C/C=C/CCCCC. The zero-order valence-corrected chi connectivity index (χ0v) is 43.4. The van der Waals surface area contributed by atoms with Gasteiger partial charge in [0.2, 0.25) is 0 Å². The first-order valence-electron chi connectivity index (χ1n) is 27.9. The molecule has 0 rings (SSSR count). The summed E-state index contributed by atoms with van der Waals surface area (Å²) in [4.78, 5) is 38.1. The van der Waals surface area contributed by atoms with Crippen molar-refractivity contribution < 1.29 is 28.6 Å². The highest BCUT2D eigenvalue weighted by molar-refractivity contribution is 5.71. The van der Waals surface area contributed by atoms with Crippen LogP contribution in [-0.4, -0.2) is 37.2 Å². The van der Waals surface area contributed by atoms with Crippen LogP contribution in [0.2, 0.25) is 0 Å². The van der Waals surface area contributed by atoms with Gasteiger partial charge in [-0.3, -0.25) is 14.4 Å². The third kappa shape index (κ3) is 51.8. The van der Waals surface area contributed by atoms with Crippen LogP contribution in [0.25, 0.3) is 0 Å². The molecule has 0 aromatic heterocycles. The van der Waals surface area contributed by atoms with E-state index >= 15 is 0 Å². The maximum Gasteiger partial charge on any atom is 0.306 e. The summed E-state index contributed by atoms with van der Waals surface area (Å²) in [5.41, 5.74) is 0. The lowest BCUT2D eigenvalue weighted by molar-refractivity contribution is -0.167. The minimum absolute atomic E-state index is 0.0872. The summed E-state index contributed by atoms with van der Waals surface area (Å²) < 4.78 is 16.8. The van der Waals surface area contributed by atoms with Crippen LogP contribution in [0.5, 0.6) is 0 Å². The first-order chi connectivity index (χ1) is 32.5. The third-order valence-electron chi connectivity index (χ3n) is 11.9. The van der Waals surface area contributed by atoms with Crippen molar-refractivity contribution in [2.24, 2.45) is 0 Å². The largest absolute Gasteiger partial charge is 0.462 e. The monoisotopic (exact) mass is 921 g/mol. The van der Waals surface area contributed by atoms with Crippen LogP contribution in [0.15, 0.2) is 72.9 Å². The van der Waals surface area contributed by atoms with E-state index < -0.39 is 6.10 Å². The van der Waals surface area contributed by atoms with Gasteiger partial charge in [0.1, 0.15) is 13.2 Å². The maximum atomic E-state index is 12.8. The summed E-state index contributed by atoms with van der Waals surface area (Å²) in [6.45, 7) is 6.54. The van der Waals surface area contributed by atoms with E-state index in [4.69, 9.17) is 14.2 Å². The highest BCUT2D eigenvalue weighted by Gasteiger charge is 2.19. The molecule has 0 spiro atoms. The molecule has 0 aromatic carbocycles. The van der Waals surface area contributed by atoms with Crippen LogP contribution >= 0.6 is 0 Å². The second-order valence-corrected chi connectivity index (χ2v) is 18.5. The number of hydrogen-bond acceptors (Lipinski definition) is 6. The van der Waals surface area contributed by atoms with Crippen LogP contribution in [-0.2, 0) is 28.6 Å². The average Bonchev–Trinajstić information content (AvgIpc) is 3.31. The Hall–Kier alpha value is -3.15. The van der Waals surface area contributed by atoms with Gasteiger partial charge in [-0.15, -0.1) is 0 Å². The van der Waals surface area contributed by atoms with Crippen molar-refractivity contribution in [1.29, 1.82) is 0 Å². The molecule has 1 atom stereocenters. The van der Waals surface area contributed by atoms with Gasteiger partial charge in [0, 0.05) is 19.3 Å². The number of ether oxygens (including phenoxy) is 3. The summed E-state index contributed by atoms with van der Waals surface area (Å²) >= 11 is 0. The molecule has 0 heterocycles. The Kier molecular flexibility index (Phi) is 51.9. The van der Waals surface area contributed by atoms with Gasteiger partial charge in [0.05, 0.1) is 0 Å². The maximum absolute atomic E-state index is 12.8. The van der Waals surface area contributed by atoms with E-state index in [1.807, 2.05) is 0 Å². The van der Waals surface area contributed by atoms with Crippen molar-refractivity contribution in [3.8, 4) is 0 Å². The van der Waals surface area contributed by atoms with E-state index in [1.165, 1.54) is 128 Å². The lowest BCUT2D eigenvalue weighted by Gasteiger charge is -2.18. The molecule has 0 amide bonds. The summed E-state index contributed by atoms with van der Waals surface area (Å²) in [7, 11) is 0. The molecule has 66 heavy (non-hydrogen) atoms. The molecule has 0 unspecified atom stereocenters. The van der Waals surface area contributed by atoms with Gasteiger partial charge in [-0.2, -0.15) is 0 Å². The number of rotatable bonds is 50. The Morgan fingerprint density at radius 1 is 0.303 bits per heavy atom. The molecule has 0 aliphatic heterocycles. The van der Waals surface area contributed by atoms with Crippen LogP contribution in [0.4, 0.5) is 0 Å². The van der Waals surface area contributed by atoms with Crippen molar-refractivity contribution in [2.75, 3.05) is 13.2 Å². The fraction of sp³-hybridized carbons (Fsp3) is 0.750. The molecule has 0 bridgehead atoms. The van der Waals surface area contributed by atoms with Crippen LogP contribution in [0.3, 0.4) is 0 Å². The predicted molar refractivity (Wildman–Crippen MR) is 284 cm³/mol. The Bertz CT molecular complexity index is 1240. The molecular weight excluding hydrogens is 817 g/mol. The number of hydrogen-bond donors (Lipinski definition) is 0. The molecule has 6 nitrogen and oxygen atoms in total. The highest BCUT2D eigenvalue weighted by Crippen LogP contribution is 2.14. The van der Waals surface area contributed by atoms with Gasteiger partial charge in [0.15, 0.2) is 6.10 Å². The molecule has 0 aromatic rings. The molecule has 6 heteroatoms. The average molecular weight is 921 g/mol. The van der Waals surface area contributed by atoms with E-state index in [0.29, 0.717) is 19.3 Å². The lowest BCUT2D eigenvalue weighted by Crippen LogP contribution is -2.30. The Morgan fingerprint density at radius 3 is 0.879 bits per heavy atom. The number of esters is 3. The third-order valence-corrected chi connectivity index (χ3v) is 11.9. The summed E-state index contributed by atoms with van der Waals surface area (Å²) in [5, 5.41) is 0. The molecule has 0 radical (unpaired) electrons. The minimum Gasteiger partial charge on any atom is -0.462 e. The quantitative estimate of drug-likeness (QED) is 0.0262. The van der Waals surface area contributed by atoms with Crippen molar-refractivity contribution in [2.45, 2.75) is 277 Å².